The molecule has 2 aromatic carbocycles. The third kappa shape index (κ3) is 5.55. The molecular weight excluding hydrogens is 352 g/mol. The zero-order valence-electron chi connectivity index (χ0n) is 14.2. The minimum absolute atomic E-state index is 0.0870. The summed E-state index contributed by atoms with van der Waals surface area (Å²) >= 11 is 0. The minimum atomic E-state index is -3.75. The highest BCUT2D eigenvalue weighted by Gasteiger charge is 2.18. The lowest BCUT2D eigenvalue weighted by atomic mass is 10.1. The zero-order chi connectivity index (χ0) is 19.0. The van der Waals surface area contributed by atoms with Gasteiger partial charge in [0.05, 0.1) is 11.6 Å². The summed E-state index contributed by atoms with van der Waals surface area (Å²) in [5.74, 6) is -0.697. The van der Waals surface area contributed by atoms with Crippen LogP contribution in [-0.2, 0) is 26.2 Å². The summed E-state index contributed by atoms with van der Waals surface area (Å²) in [5.41, 5.74) is 1.71. The standard InChI is InChI=1S/C19H18N2O4S/c1-21(26(23,24)12-11-16-7-3-2-4-8-16)14-19(22)25-15-18-10-6-5-9-17(18)13-20/h2-12H,14-15H2,1H3/b12-11+. The molecule has 2 aromatic rings. The lowest BCUT2D eigenvalue weighted by molar-refractivity contribution is -0.144. The first-order valence-corrected chi connectivity index (χ1v) is 9.26. The Morgan fingerprint density at radius 2 is 1.81 bits per heavy atom. The summed E-state index contributed by atoms with van der Waals surface area (Å²) in [6.07, 6.45) is 1.46. The zero-order valence-corrected chi connectivity index (χ0v) is 15.0. The van der Waals surface area contributed by atoms with Crippen LogP contribution in [0.2, 0.25) is 0 Å². The van der Waals surface area contributed by atoms with E-state index < -0.39 is 22.5 Å². The first-order valence-electron chi connectivity index (χ1n) is 7.75. The predicted molar refractivity (Wildman–Crippen MR) is 98.0 cm³/mol. The van der Waals surface area contributed by atoms with Gasteiger partial charge in [0.1, 0.15) is 13.2 Å². The van der Waals surface area contributed by atoms with Crippen molar-refractivity contribution in [3.63, 3.8) is 0 Å². The fourth-order valence-corrected chi connectivity index (χ4v) is 2.89. The SMILES string of the molecule is CN(CC(=O)OCc1ccccc1C#N)S(=O)(=O)/C=C/c1ccccc1. The fraction of sp³-hybridized carbons (Fsp3) is 0.158. The van der Waals surface area contributed by atoms with E-state index in [2.05, 4.69) is 0 Å². The third-order valence-corrected chi connectivity index (χ3v) is 5.02. The third-order valence-electron chi connectivity index (χ3n) is 3.54. The van der Waals surface area contributed by atoms with E-state index in [1.54, 1.807) is 48.5 Å². The molecule has 0 N–H and O–H groups in total. The molecule has 134 valence electrons. The number of benzene rings is 2. The average molecular weight is 370 g/mol. The van der Waals surface area contributed by atoms with Crippen LogP contribution >= 0.6 is 0 Å². The van der Waals surface area contributed by atoms with E-state index in [4.69, 9.17) is 10.00 Å². The van der Waals surface area contributed by atoms with Gasteiger partial charge in [-0.1, -0.05) is 48.5 Å². The van der Waals surface area contributed by atoms with Gasteiger partial charge in [0, 0.05) is 18.0 Å². The van der Waals surface area contributed by atoms with Gasteiger partial charge >= 0.3 is 5.97 Å². The summed E-state index contributed by atoms with van der Waals surface area (Å²) in [7, 11) is -2.45. The number of nitrogens with zero attached hydrogens (tertiary/aromatic N) is 2. The van der Waals surface area contributed by atoms with Crippen molar-refractivity contribution >= 4 is 22.1 Å². The van der Waals surface area contributed by atoms with Crippen LogP contribution in [0.4, 0.5) is 0 Å². The Balaban J connectivity index is 1.93. The van der Waals surface area contributed by atoms with Crippen molar-refractivity contribution in [3.05, 3.63) is 76.7 Å². The lowest BCUT2D eigenvalue weighted by Crippen LogP contribution is -2.31. The molecule has 0 amide bonds. The molecule has 2 rings (SSSR count). The highest BCUT2D eigenvalue weighted by Crippen LogP contribution is 2.10. The molecular formula is C19H18N2O4S. The number of carbonyl (C=O) groups excluding carboxylic acids is 1. The van der Waals surface area contributed by atoms with E-state index in [-0.39, 0.29) is 6.61 Å². The second-order valence-electron chi connectivity index (χ2n) is 5.44. The maximum absolute atomic E-state index is 12.2. The molecule has 0 aliphatic carbocycles. The number of hydrogen-bond donors (Lipinski definition) is 0. The van der Waals surface area contributed by atoms with Gasteiger partial charge in [-0.25, -0.2) is 8.42 Å². The van der Waals surface area contributed by atoms with Crippen molar-refractivity contribution in [2.75, 3.05) is 13.6 Å². The van der Waals surface area contributed by atoms with E-state index in [1.807, 2.05) is 12.1 Å². The Hall–Kier alpha value is -2.95. The first-order chi connectivity index (χ1) is 12.4. The van der Waals surface area contributed by atoms with Crippen LogP contribution in [0.5, 0.6) is 0 Å². The van der Waals surface area contributed by atoms with E-state index in [1.165, 1.54) is 13.1 Å². The number of rotatable bonds is 7. The molecule has 6 nitrogen and oxygen atoms in total. The Labute approximate surface area is 153 Å². The van der Waals surface area contributed by atoms with Crippen molar-refractivity contribution in [2.45, 2.75) is 6.61 Å². The molecule has 26 heavy (non-hydrogen) atoms. The monoisotopic (exact) mass is 370 g/mol. The van der Waals surface area contributed by atoms with E-state index in [9.17, 15) is 13.2 Å². The number of nitriles is 1. The van der Waals surface area contributed by atoms with Gasteiger partial charge in [0.2, 0.25) is 10.0 Å². The summed E-state index contributed by atoms with van der Waals surface area (Å²) in [5, 5.41) is 10.0. The number of likely N-dealkylation sites (N-methyl/N-ethyl adjacent to an activating group) is 1. The Kier molecular flexibility index (Phi) is 6.67. The van der Waals surface area contributed by atoms with Crippen LogP contribution in [0.25, 0.3) is 6.08 Å². The second-order valence-corrected chi connectivity index (χ2v) is 7.37. The van der Waals surface area contributed by atoms with Crippen molar-refractivity contribution in [1.29, 1.82) is 5.26 Å². The van der Waals surface area contributed by atoms with Gasteiger partial charge in [-0.3, -0.25) is 4.79 Å². The Morgan fingerprint density at radius 1 is 1.15 bits per heavy atom. The molecule has 0 spiro atoms. The van der Waals surface area contributed by atoms with Gasteiger partial charge < -0.3 is 4.74 Å². The van der Waals surface area contributed by atoms with Gasteiger partial charge in [-0.05, 0) is 17.7 Å². The normalized spacial score (nSPS) is 11.4. The molecule has 0 aliphatic rings. The smallest absolute Gasteiger partial charge is 0.321 e. The minimum Gasteiger partial charge on any atom is -0.460 e. The van der Waals surface area contributed by atoms with Crippen LogP contribution in [0, 0.1) is 11.3 Å². The second kappa shape index (κ2) is 8.94. The summed E-state index contributed by atoms with van der Waals surface area (Å²) in [6, 6.07) is 17.7. The molecule has 0 bridgehead atoms. The van der Waals surface area contributed by atoms with E-state index in [0.29, 0.717) is 11.1 Å². The summed E-state index contributed by atoms with van der Waals surface area (Å²) in [6.45, 7) is -0.507. The quantitative estimate of drug-likeness (QED) is 0.699. The van der Waals surface area contributed by atoms with Gasteiger partial charge in [0.15, 0.2) is 0 Å². The molecule has 0 fully saturated rings. The maximum Gasteiger partial charge on any atom is 0.321 e. The summed E-state index contributed by atoms with van der Waals surface area (Å²) in [4.78, 5) is 11.9. The van der Waals surface area contributed by atoms with Crippen molar-refractivity contribution in [1.82, 2.24) is 4.31 Å². The number of esters is 1. The first kappa shape index (κ1) is 19.4. The number of hydrogen-bond acceptors (Lipinski definition) is 5. The Morgan fingerprint density at radius 3 is 2.50 bits per heavy atom. The Bertz CT molecular complexity index is 932. The van der Waals surface area contributed by atoms with E-state index in [0.717, 1.165) is 15.3 Å². The molecule has 0 unspecified atom stereocenters. The molecule has 0 radical (unpaired) electrons. The van der Waals surface area contributed by atoms with Gasteiger partial charge in [-0.15, -0.1) is 0 Å². The lowest BCUT2D eigenvalue weighted by Gasteiger charge is -2.14. The number of sulfonamides is 1. The van der Waals surface area contributed by atoms with Gasteiger partial charge in [0.25, 0.3) is 0 Å². The van der Waals surface area contributed by atoms with Crippen molar-refractivity contribution in [2.24, 2.45) is 0 Å². The topological polar surface area (TPSA) is 87.5 Å². The highest BCUT2D eigenvalue weighted by molar-refractivity contribution is 7.92. The molecule has 0 aliphatic heterocycles. The number of carbonyl (C=O) groups is 1. The maximum atomic E-state index is 12.2. The van der Waals surface area contributed by atoms with Crippen molar-refractivity contribution < 1.29 is 17.9 Å². The van der Waals surface area contributed by atoms with Crippen LogP contribution in [0.3, 0.4) is 0 Å². The predicted octanol–water partition coefficient (Wildman–Crippen LogP) is 2.53. The van der Waals surface area contributed by atoms with Crippen LogP contribution < -0.4 is 0 Å². The fourth-order valence-electron chi connectivity index (χ4n) is 2.06. The molecule has 0 atom stereocenters. The molecule has 0 saturated carbocycles. The van der Waals surface area contributed by atoms with Crippen LogP contribution in [-0.4, -0.2) is 32.3 Å². The van der Waals surface area contributed by atoms with Gasteiger partial charge in [-0.2, -0.15) is 9.57 Å². The highest BCUT2D eigenvalue weighted by atomic mass is 32.2. The van der Waals surface area contributed by atoms with E-state index >= 15 is 0 Å². The molecule has 0 aromatic heterocycles. The van der Waals surface area contributed by atoms with Crippen LogP contribution in [0.15, 0.2) is 60.0 Å². The molecule has 7 heteroatoms. The van der Waals surface area contributed by atoms with Crippen molar-refractivity contribution in [3.8, 4) is 6.07 Å². The average Bonchev–Trinajstić information content (AvgIpc) is 2.65. The number of ether oxygens (including phenoxy) is 1. The largest absolute Gasteiger partial charge is 0.460 e. The van der Waals surface area contributed by atoms with Crippen LogP contribution in [0.1, 0.15) is 16.7 Å². The molecule has 0 saturated heterocycles. The molecule has 0 heterocycles. The summed E-state index contributed by atoms with van der Waals surface area (Å²) < 4.78 is 30.4.